The standard InChI is InChI=1S/C21H26N2O5/c1-26-21(25)19-8-5-11-23(19)17-9-12-22(13-10-17)20(24)16-27-14-15-28-18-6-3-2-4-7-18/h2-8,11,17H,9-10,12-16H2,1H3. The Morgan fingerprint density at radius 3 is 2.50 bits per heavy atom. The lowest BCUT2D eigenvalue weighted by Crippen LogP contribution is -2.41. The summed E-state index contributed by atoms with van der Waals surface area (Å²) >= 11 is 0. The number of carbonyl (C=O) groups is 2. The Hall–Kier alpha value is -2.80. The summed E-state index contributed by atoms with van der Waals surface area (Å²) in [6, 6.07) is 13.3. The van der Waals surface area contributed by atoms with Crippen molar-refractivity contribution in [1.82, 2.24) is 9.47 Å². The lowest BCUT2D eigenvalue weighted by atomic mass is 10.0. The topological polar surface area (TPSA) is 70.0 Å². The summed E-state index contributed by atoms with van der Waals surface area (Å²) < 4.78 is 17.8. The van der Waals surface area contributed by atoms with Crippen LogP contribution >= 0.6 is 0 Å². The number of ether oxygens (including phenoxy) is 3. The quantitative estimate of drug-likeness (QED) is 0.515. The number of piperidine rings is 1. The van der Waals surface area contributed by atoms with E-state index in [1.54, 1.807) is 6.07 Å². The van der Waals surface area contributed by atoms with Crippen LogP contribution in [-0.2, 0) is 14.3 Å². The smallest absolute Gasteiger partial charge is 0.354 e. The van der Waals surface area contributed by atoms with E-state index < -0.39 is 0 Å². The zero-order valence-corrected chi connectivity index (χ0v) is 16.1. The van der Waals surface area contributed by atoms with Gasteiger partial charge in [-0.25, -0.2) is 4.79 Å². The van der Waals surface area contributed by atoms with Crippen molar-refractivity contribution in [3.05, 3.63) is 54.4 Å². The zero-order chi connectivity index (χ0) is 19.8. The number of nitrogens with zero attached hydrogens (tertiary/aromatic N) is 2. The van der Waals surface area contributed by atoms with Crippen molar-refractivity contribution in [3.63, 3.8) is 0 Å². The van der Waals surface area contributed by atoms with Gasteiger partial charge in [0.2, 0.25) is 5.91 Å². The van der Waals surface area contributed by atoms with E-state index in [1.807, 2.05) is 52.1 Å². The lowest BCUT2D eigenvalue weighted by molar-refractivity contribution is -0.137. The minimum Gasteiger partial charge on any atom is -0.491 e. The molecule has 1 aliphatic heterocycles. The predicted octanol–water partition coefficient (Wildman–Crippen LogP) is 2.53. The number of rotatable bonds is 8. The van der Waals surface area contributed by atoms with Crippen LogP contribution in [0.2, 0.25) is 0 Å². The molecule has 0 radical (unpaired) electrons. The van der Waals surface area contributed by atoms with Gasteiger partial charge in [0, 0.05) is 25.3 Å². The van der Waals surface area contributed by atoms with Crippen molar-refractivity contribution in [3.8, 4) is 5.75 Å². The molecule has 0 bridgehead atoms. The summed E-state index contributed by atoms with van der Waals surface area (Å²) in [5.74, 6) is 0.435. The van der Waals surface area contributed by atoms with Gasteiger partial charge in [-0.05, 0) is 37.1 Å². The Morgan fingerprint density at radius 2 is 1.79 bits per heavy atom. The first-order valence-electron chi connectivity index (χ1n) is 9.47. The summed E-state index contributed by atoms with van der Waals surface area (Å²) in [6.07, 6.45) is 3.48. The maximum absolute atomic E-state index is 12.3. The van der Waals surface area contributed by atoms with Gasteiger partial charge < -0.3 is 23.7 Å². The predicted molar refractivity (Wildman–Crippen MR) is 103 cm³/mol. The molecule has 28 heavy (non-hydrogen) atoms. The first-order valence-corrected chi connectivity index (χ1v) is 9.47. The molecule has 1 aromatic heterocycles. The van der Waals surface area contributed by atoms with Crippen LogP contribution in [0.25, 0.3) is 0 Å². The first kappa shape index (κ1) is 19.9. The molecule has 0 unspecified atom stereocenters. The molecule has 2 aromatic rings. The van der Waals surface area contributed by atoms with Crippen molar-refractivity contribution in [2.75, 3.05) is 40.0 Å². The summed E-state index contributed by atoms with van der Waals surface area (Å²) in [5.41, 5.74) is 0.550. The molecule has 1 amide bonds. The number of hydrogen-bond acceptors (Lipinski definition) is 5. The summed E-state index contributed by atoms with van der Waals surface area (Å²) in [4.78, 5) is 26.0. The van der Waals surface area contributed by atoms with Crippen LogP contribution in [0.15, 0.2) is 48.7 Å². The molecule has 1 aromatic carbocycles. The van der Waals surface area contributed by atoms with Crippen LogP contribution in [0.4, 0.5) is 0 Å². The van der Waals surface area contributed by atoms with Gasteiger partial charge in [-0.2, -0.15) is 0 Å². The number of carbonyl (C=O) groups excluding carboxylic acids is 2. The Morgan fingerprint density at radius 1 is 1.04 bits per heavy atom. The van der Waals surface area contributed by atoms with E-state index in [-0.39, 0.29) is 24.5 Å². The van der Waals surface area contributed by atoms with Gasteiger partial charge in [0.15, 0.2) is 0 Å². The van der Waals surface area contributed by atoms with Crippen LogP contribution in [0, 0.1) is 0 Å². The first-order chi connectivity index (χ1) is 13.7. The second kappa shape index (κ2) is 9.94. The van der Waals surface area contributed by atoms with Crippen LogP contribution in [-0.4, -0.2) is 61.4 Å². The second-order valence-electron chi connectivity index (χ2n) is 6.62. The van der Waals surface area contributed by atoms with E-state index in [0.29, 0.717) is 32.0 Å². The van der Waals surface area contributed by atoms with Crippen molar-refractivity contribution in [1.29, 1.82) is 0 Å². The van der Waals surface area contributed by atoms with Gasteiger partial charge in [-0.1, -0.05) is 18.2 Å². The van der Waals surface area contributed by atoms with Crippen molar-refractivity contribution < 1.29 is 23.8 Å². The fourth-order valence-electron chi connectivity index (χ4n) is 3.37. The fourth-order valence-corrected chi connectivity index (χ4v) is 3.37. The van der Waals surface area contributed by atoms with Crippen molar-refractivity contribution >= 4 is 11.9 Å². The van der Waals surface area contributed by atoms with E-state index in [4.69, 9.17) is 14.2 Å². The fraction of sp³-hybridized carbons (Fsp3) is 0.429. The second-order valence-corrected chi connectivity index (χ2v) is 6.62. The monoisotopic (exact) mass is 386 g/mol. The highest BCUT2D eigenvalue weighted by Crippen LogP contribution is 2.25. The van der Waals surface area contributed by atoms with E-state index in [2.05, 4.69) is 0 Å². The molecule has 2 heterocycles. The highest BCUT2D eigenvalue weighted by molar-refractivity contribution is 5.87. The molecule has 1 saturated heterocycles. The number of aromatic nitrogens is 1. The number of benzene rings is 1. The van der Waals surface area contributed by atoms with Crippen LogP contribution < -0.4 is 4.74 Å². The molecule has 0 N–H and O–H groups in total. The highest BCUT2D eigenvalue weighted by atomic mass is 16.5. The van der Waals surface area contributed by atoms with Gasteiger partial charge >= 0.3 is 5.97 Å². The van der Waals surface area contributed by atoms with Gasteiger partial charge in [0.1, 0.15) is 24.7 Å². The van der Waals surface area contributed by atoms with Crippen molar-refractivity contribution in [2.24, 2.45) is 0 Å². The number of methoxy groups -OCH3 is 1. The minimum absolute atomic E-state index is 0.0149. The molecule has 3 rings (SSSR count). The minimum atomic E-state index is -0.338. The zero-order valence-electron chi connectivity index (χ0n) is 16.1. The molecule has 7 heteroatoms. The van der Waals surface area contributed by atoms with Gasteiger partial charge in [-0.15, -0.1) is 0 Å². The molecule has 0 spiro atoms. The van der Waals surface area contributed by atoms with Gasteiger partial charge in [0.25, 0.3) is 0 Å². The van der Waals surface area contributed by atoms with Gasteiger partial charge in [-0.3, -0.25) is 4.79 Å². The third kappa shape index (κ3) is 5.13. The maximum atomic E-state index is 12.3. The van der Waals surface area contributed by atoms with E-state index in [1.165, 1.54) is 7.11 Å². The Balaban J connectivity index is 1.37. The molecule has 1 aliphatic rings. The van der Waals surface area contributed by atoms with E-state index in [0.717, 1.165) is 18.6 Å². The number of para-hydroxylation sites is 1. The van der Waals surface area contributed by atoms with Crippen LogP contribution in [0.5, 0.6) is 5.75 Å². The van der Waals surface area contributed by atoms with Crippen LogP contribution in [0.3, 0.4) is 0 Å². The average Bonchev–Trinajstić information content (AvgIpc) is 3.23. The molecule has 0 atom stereocenters. The SMILES string of the molecule is COC(=O)c1cccn1C1CCN(C(=O)COCCOc2ccccc2)CC1. The lowest BCUT2D eigenvalue weighted by Gasteiger charge is -2.33. The Labute approximate surface area is 164 Å². The molecule has 150 valence electrons. The number of amides is 1. The Kier molecular flexibility index (Phi) is 7.08. The van der Waals surface area contributed by atoms with Gasteiger partial charge in [0.05, 0.1) is 13.7 Å². The highest BCUT2D eigenvalue weighted by Gasteiger charge is 2.26. The molecule has 1 fully saturated rings. The van der Waals surface area contributed by atoms with E-state index >= 15 is 0 Å². The molecular weight excluding hydrogens is 360 g/mol. The molecule has 7 nitrogen and oxygen atoms in total. The normalized spacial score (nSPS) is 14.7. The van der Waals surface area contributed by atoms with Crippen LogP contribution in [0.1, 0.15) is 29.4 Å². The maximum Gasteiger partial charge on any atom is 0.354 e. The van der Waals surface area contributed by atoms with Crippen molar-refractivity contribution in [2.45, 2.75) is 18.9 Å². The number of esters is 1. The average molecular weight is 386 g/mol. The molecule has 0 saturated carbocycles. The number of hydrogen-bond donors (Lipinski definition) is 0. The summed E-state index contributed by atoms with van der Waals surface area (Å²) in [5, 5.41) is 0. The Bertz CT molecular complexity index is 766. The summed E-state index contributed by atoms with van der Waals surface area (Å²) in [7, 11) is 1.38. The molecular formula is C21H26N2O5. The largest absolute Gasteiger partial charge is 0.491 e. The van der Waals surface area contributed by atoms with E-state index in [9.17, 15) is 9.59 Å². The summed E-state index contributed by atoms with van der Waals surface area (Å²) in [6.45, 7) is 2.12. The third-order valence-corrected chi connectivity index (χ3v) is 4.85. The third-order valence-electron chi connectivity index (χ3n) is 4.85. The number of likely N-dealkylation sites (tertiary alicyclic amines) is 1. The molecule has 0 aliphatic carbocycles.